The third-order valence-electron chi connectivity index (χ3n) is 3.20. The van der Waals surface area contributed by atoms with Crippen molar-refractivity contribution in [3.63, 3.8) is 0 Å². The molecule has 0 atom stereocenters. The van der Waals surface area contributed by atoms with Crippen LogP contribution in [0.3, 0.4) is 0 Å². The molecule has 4 heteroatoms. The number of rotatable bonds is 8. The first-order valence-corrected chi connectivity index (χ1v) is 8.75. The molecule has 0 spiro atoms. The topological polar surface area (TPSA) is 46.5 Å². The Morgan fingerprint density at radius 1 is 1.13 bits per heavy atom. The van der Waals surface area contributed by atoms with Crippen LogP contribution in [-0.4, -0.2) is 22.9 Å². The summed E-state index contributed by atoms with van der Waals surface area (Å²) in [5.74, 6) is 0.970. The Labute approximate surface area is 141 Å². The van der Waals surface area contributed by atoms with Crippen LogP contribution in [0.1, 0.15) is 26.7 Å². The predicted molar refractivity (Wildman–Crippen MR) is 95.2 cm³/mol. The highest BCUT2D eigenvalue weighted by molar-refractivity contribution is 7.99. The molecule has 0 saturated heterocycles. The molecule has 0 heterocycles. The number of ether oxygens (including phenoxy) is 1. The molecule has 2 rings (SSSR count). The van der Waals surface area contributed by atoms with E-state index in [0.29, 0.717) is 6.42 Å². The first kappa shape index (κ1) is 17.4. The molecular formula is C19H22O3S. The van der Waals surface area contributed by atoms with Crippen molar-refractivity contribution < 1.29 is 14.6 Å². The summed E-state index contributed by atoms with van der Waals surface area (Å²) < 4.78 is 5.73. The number of carboxylic acid groups (broad SMARTS) is 1. The molecule has 0 aliphatic rings. The molecule has 0 bridgehead atoms. The average molecular weight is 330 g/mol. The van der Waals surface area contributed by atoms with Gasteiger partial charge in [-0.25, -0.2) is 0 Å². The second kappa shape index (κ2) is 8.63. The van der Waals surface area contributed by atoms with E-state index in [1.807, 2.05) is 26.0 Å². The average Bonchev–Trinajstić information content (AvgIpc) is 2.52. The van der Waals surface area contributed by atoms with Crippen LogP contribution in [0.2, 0.25) is 0 Å². The summed E-state index contributed by atoms with van der Waals surface area (Å²) in [7, 11) is 0. The van der Waals surface area contributed by atoms with E-state index in [0.717, 1.165) is 27.5 Å². The smallest absolute Gasteiger partial charge is 0.303 e. The van der Waals surface area contributed by atoms with E-state index in [1.165, 1.54) is 0 Å². The summed E-state index contributed by atoms with van der Waals surface area (Å²) in [6, 6.07) is 16.4. The van der Waals surface area contributed by atoms with Crippen molar-refractivity contribution in [2.45, 2.75) is 37.7 Å². The number of carbonyl (C=O) groups is 1. The Kier molecular flexibility index (Phi) is 6.53. The maximum atomic E-state index is 10.5. The maximum absolute atomic E-state index is 10.5. The van der Waals surface area contributed by atoms with E-state index in [9.17, 15) is 4.79 Å². The van der Waals surface area contributed by atoms with Gasteiger partial charge in [-0.2, -0.15) is 0 Å². The fourth-order valence-corrected chi connectivity index (χ4v) is 3.03. The van der Waals surface area contributed by atoms with Crippen LogP contribution in [0, 0.1) is 0 Å². The Morgan fingerprint density at radius 2 is 1.87 bits per heavy atom. The monoisotopic (exact) mass is 330 g/mol. The van der Waals surface area contributed by atoms with Crippen molar-refractivity contribution in [1.29, 1.82) is 0 Å². The lowest BCUT2D eigenvalue weighted by Gasteiger charge is -2.11. The molecule has 0 aliphatic carbocycles. The van der Waals surface area contributed by atoms with Crippen LogP contribution in [0.25, 0.3) is 11.1 Å². The summed E-state index contributed by atoms with van der Waals surface area (Å²) in [5.41, 5.74) is 2.28. The van der Waals surface area contributed by atoms with Crippen molar-refractivity contribution >= 4 is 17.7 Å². The van der Waals surface area contributed by atoms with Gasteiger partial charge in [0.05, 0.1) is 6.10 Å². The first-order chi connectivity index (χ1) is 11.0. The molecule has 3 nitrogen and oxygen atoms in total. The van der Waals surface area contributed by atoms with Gasteiger partial charge in [-0.15, -0.1) is 11.8 Å². The van der Waals surface area contributed by atoms with E-state index < -0.39 is 5.97 Å². The molecular weight excluding hydrogens is 308 g/mol. The minimum atomic E-state index is -0.732. The zero-order valence-corrected chi connectivity index (χ0v) is 14.3. The SMILES string of the molecule is CC(C)Oc1cccc(-c2ccc(SCCCC(=O)O)cc2)c1. The van der Waals surface area contributed by atoms with Gasteiger partial charge in [-0.3, -0.25) is 4.79 Å². The standard InChI is InChI=1S/C19H22O3S/c1-14(2)22-17-6-3-5-16(13-17)15-8-10-18(11-9-15)23-12-4-7-19(20)21/h3,5-6,8-11,13-14H,4,7,12H2,1-2H3,(H,20,21). The highest BCUT2D eigenvalue weighted by atomic mass is 32.2. The highest BCUT2D eigenvalue weighted by Crippen LogP contribution is 2.27. The highest BCUT2D eigenvalue weighted by Gasteiger charge is 2.03. The lowest BCUT2D eigenvalue weighted by molar-refractivity contribution is -0.137. The molecule has 0 saturated carbocycles. The van der Waals surface area contributed by atoms with Gasteiger partial charge in [0.2, 0.25) is 0 Å². The first-order valence-electron chi connectivity index (χ1n) is 7.76. The summed E-state index contributed by atoms with van der Waals surface area (Å²) in [6.45, 7) is 4.03. The summed E-state index contributed by atoms with van der Waals surface area (Å²) in [5, 5.41) is 8.63. The van der Waals surface area contributed by atoms with Gasteiger partial charge in [0, 0.05) is 11.3 Å². The zero-order valence-electron chi connectivity index (χ0n) is 13.5. The van der Waals surface area contributed by atoms with Crippen LogP contribution < -0.4 is 4.74 Å². The van der Waals surface area contributed by atoms with Gasteiger partial charge in [0.1, 0.15) is 5.75 Å². The van der Waals surface area contributed by atoms with E-state index >= 15 is 0 Å². The molecule has 0 aromatic heterocycles. The maximum Gasteiger partial charge on any atom is 0.303 e. The van der Waals surface area contributed by atoms with E-state index in [4.69, 9.17) is 9.84 Å². The third kappa shape index (κ3) is 5.99. The molecule has 0 fully saturated rings. The van der Waals surface area contributed by atoms with Crippen molar-refractivity contribution in [1.82, 2.24) is 0 Å². The molecule has 1 N–H and O–H groups in total. The molecule has 2 aromatic rings. The lowest BCUT2D eigenvalue weighted by atomic mass is 10.1. The molecule has 0 radical (unpaired) electrons. The Bertz CT molecular complexity index is 635. The second-order valence-corrected chi connectivity index (χ2v) is 6.73. The zero-order chi connectivity index (χ0) is 16.7. The Balaban J connectivity index is 1.97. The van der Waals surface area contributed by atoms with Gasteiger partial charge < -0.3 is 9.84 Å². The van der Waals surface area contributed by atoms with Crippen LogP contribution in [-0.2, 0) is 4.79 Å². The van der Waals surface area contributed by atoms with E-state index in [2.05, 4.69) is 36.4 Å². The van der Waals surface area contributed by atoms with E-state index in [-0.39, 0.29) is 12.5 Å². The quantitative estimate of drug-likeness (QED) is 0.540. The Hall–Kier alpha value is -1.94. The van der Waals surface area contributed by atoms with Gasteiger partial charge in [-0.1, -0.05) is 24.3 Å². The van der Waals surface area contributed by atoms with Gasteiger partial charge in [0.15, 0.2) is 0 Å². The van der Waals surface area contributed by atoms with Gasteiger partial charge >= 0.3 is 5.97 Å². The number of carboxylic acids is 1. The predicted octanol–water partition coefficient (Wildman–Crippen LogP) is 5.10. The normalized spacial score (nSPS) is 10.7. The molecule has 122 valence electrons. The van der Waals surface area contributed by atoms with Crippen molar-refractivity contribution in [2.24, 2.45) is 0 Å². The minimum absolute atomic E-state index is 0.162. The summed E-state index contributed by atoms with van der Waals surface area (Å²) in [4.78, 5) is 11.6. The number of benzene rings is 2. The van der Waals surface area contributed by atoms with Crippen molar-refractivity contribution in [3.8, 4) is 16.9 Å². The fraction of sp³-hybridized carbons (Fsp3) is 0.316. The molecule has 0 aliphatic heterocycles. The lowest BCUT2D eigenvalue weighted by Crippen LogP contribution is -2.05. The number of aliphatic carboxylic acids is 1. The summed E-state index contributed by atoms with van der Waals surface area (Å²) >= 11 is 1.69. The minimum Gasteiger partial charge on any atom is -0.491 e. The van der Waals surface area contributed by atoms with Gasteiger partial charge in [-0.05, 0) is 61.4 Å². The molecule has 23 heavy (non-hydrogen) atoms. The number of thioether (sulfide) groups is 1. The largest absolute Gasteiger partial charge is 0.491 e. The van der Waals surface area contributed by atoms with Crippen LogP contribution in [0.15, 0.2) is 53.4 Å². The summed E-state index contributed by atoms with van der Waals surface area (Å²) in [6.07, 6.45) is 1.08. The molecule has 2 aromatic carbocycles. The third-order valence-corrected chi connectivity index (χ3v) is 4.30. The number of hydrogen-bond acceptors (Lipinski definition) is 3. The van der Waals surface area contributed by atoms with Crippen molar-refractivity contribution in [3.05, 3.63) is 48.5 Å². The molecule has 0 amide bonds. The van der Waals surface area contributed by atoms with Crippen LogP contribution >= 0.6 is 11.8 Å². The van der Waals surface area contributed by atoms with Crippen LogP contribution in [0.4, 0.5) is 0 Å². The molecule has 0 unspecified atom stereocenters. The Morgan fingerprint density at radius 3 is 2.52 bits per heavy atom. The second-order valence-electron chi connectivity index (χ2n) is 5.56. The van der Waals surface area contributed by atoms with Gasteiger partial charge in [0.25, 0.3) is 0 Å². The van der Waals surface area contributed by atoms with Crippen molar-refractivity contribution in [2.75, 3.05) is 5.75 Å². The van der Waals surface area contributed by atoms with Crippen LogP contribution in [0.5, 0.6) is 5.75 Å². The van der Waals surface area contributed by atoms with E-state index in [1.54, 1.807) is 11.8 Å². The number of hydrogen-bond donors (Lipinski definition) is 1. The fourth-order valence-electron chi connectivity index (χ4n) is 2.18.